The van der Waals surface area contributed by atoms with Crippen molar-refractivity contribution in [2.45, 2.75) is 25.4 Å². The molecule has 1 aliphatic carbocycles. The zero-order valence-corrected chi connectivity index (χ0v) is 13.5. The smallest absolute Gasteiger partial charge is 0.255 e. The lowest BCUT2D eigenvalue weighted by Crippen LogP contribution is -3.00. The van der Waals surface area contributed by atoms with Crippen LogP contribution < -0.4 is 32.9 Å². The van der Waals surface area contributed by atoms with Gasteiger partial charge in [-0.1, -0.05) is 0 Å². The van der Waals surface area contributed by atoms with Gasteiger partial charge in [-0.15, -0.1) is 0 Å². The zero-order valence-electron chi connectivity index (χ0n) is 11.1. The molecule has 0 aromatic heterocycles. The minimum absolute atomic E-state index is 0. The van der Waals surface area contributed by atoms with E-state index >= 15 is 0 Å². The number of halogens is 2. The Kier molecular flexibility index (Phi) is 6.58. The van der Waals surface area contributed by atoms with Crippen molar-refractivity contribution in [3.63, 3.8) is 0 Å². The Labute approximate surface area is 132 Å². The number of primary amides is 1. The molecule has 0 heterocycles. The molecule has 5 nitrogen and oxygen atoms in total. The number of nitrogens with one attached hydrogen (secondary N) is 1. The third-order valence-electron chi connectivity index (χ3n) is 2.82. The van der Waals surface area contributed by atoms with E-state index in [1.807, 2.05) is 12.1 Å². The van der Waals surface area contributed by atoms with Gasteiger partial charge in [0.1, 0.15) is 0 Å². The van der Waals surface area contributed by atoms with Crippen LogP contribution in [0.15, 0.2) is 16.6 Å². The molecule has 0 bridgehead atoms. The lowest BCUT2D eigenvalue weighted by molar-refractivity contribution is -0.119. The fourth-order valence-corrected chi connectivity index (χ4v) is 2.31. The fourth-order valence-electron chi connectivity index (χ4n) is 1.71. The third kappa shape index (κ3) is 4.85. The van der Waals surface area contributed by atoms with Crippen LogP contribution in [0.4, 0.5) is 0 Å². The lowest BCUT2D eigenvalue weighted by Gasteiger charge is -2.13. The van der Waals surface area contributed by atoms with Gasteiger partial charge in [0.2, 0.25) is 0 Å². The first-order chi connectivity index (χ1) is 9.10. The summed E-state index contributed by atoms with van der Waals surface area (Å²) in [5.74, 6) is 0.563. The van der Waals surface area contributed by atoms with Crippen LogP contribution in [0.1, 0.15) is 18.4 Å². The van der Waals surface area contributed by atoms with Crippen LogP contribution in [-0.2, 0) is 11.3 Å². The molecule has 0 unspecified atom stereocenters. The maximum atomic E-state index is 10.8. The average Bonchev–Trinajstić information content (AvgIpc) is 3.18. The van der Waals surface area contributed by atoms with Crippen molar-refractivity contribution in [1.82, 2.24) is 5.32 Å². The van der Waals surface area contributed by atoms with Gasteiger partial charge in [0, 0.05) is 12.6 Å². The number of hydrogen-bond acceptors (Lipinski definition) is 4. The van der Waals surface area contributed by atoms with E-state index in [1.165, 1.54) is 12.8 Å². The van der Waals surface area contributed by atoms with Gasteiger partial charge >= 0.3 is 0 Å². The van der Waals surface area contributed by atoms with Crippen LogP contribution in [-0.4, -0.2) is 25.7 Å². The Morgan fingerprint density at radius 1 is 1.50 bits per heavy atom. The number of methoxy groups -OCH3 is 1. The first-order valence-corrected chi connectivity index (χ1v) is 6.90. The summed E-state index contributed by atoms with van der Waals surface area (Å²) in [4.78, 5) is 10.8. The van der Waals surface area contributed by atoms with Crippen LogP contribution in [0, 0.1) is 0 Å². The molecule has 0 atom stereocenters. The van der Waals surface area contributed by atoms with Crippen molar-refractivity contribution in [2.24, 2.45) is 5.73 Å². The summed E-state index contributed by atoms with van der Waals surface area (Å²) in [6, 6.07) is 4.50. The third-order valence-corrected chi connectivity index (χ3v) is 3.41. The second-order valence-electron chi connectivity index (χ2n) is 4.52. The maximum absolute atomic E-state index is 10.8. The largest absolute Gasteiger partial charge is 1.00 e. The van der Waals surface area contributed by atoms with Crippen molar-refractivity contribution in [3.05, 3.63) is 22.2 Å². The maximum Gasteiger partial charge on any atom is 0.255 e. The van der Waals surface area contributed by atoms with Crippen LogP contribution in [0.2, 0.25) is 0 Å². The Morgan fingerprint density at radius 3 is 2.75 bits per heavy atom. The molecule has 2 rings (SSSR count). The van der Waals surface area contributed by atoms with Crippen molar-refractivity contribution in [2.75, 3.05) is 13.7 Å². The van der Waals surface area contributed by atoms with Crippen LogP contribution in [0.25, 0.3) is 0 Å². The highest BCUT2D eigenvalue weighted by atomic mass is 79.9. The summed E-state index contributed by atoms with van der Waals surface area (Å²) in [7, 11) is 1.57. The summed E-state index contributed by atoms with van der Waals surface area (Å²) in [5.41, 5.74) is 6.17. The number of carbonyl (C=O) groups excluding carboxylic acids is 1. The van der Waals surface area contributed by atoms with E-state index in [0.717, 1.165) is 16.6 Å². The quantitative estimate of drug-likeness (QED) is 0.623. The van der Waals surface area contributed by atoms with E-state index < -0.39 is 5.91 Å². The molecule has 1 amide bonds. The van der Waals surface area contributed by atoms with E-state index in [1.54, 1.807) is 7.11 Å². The molecular formula is C13H17BrClN2O3-. The molecule has 1 aliphatic rings. The zero-order chi connectivity index (χ0) is 13.8. The molecular weight excluding hydrogens is 348 g/mol. The molecule has 1 saturated carbocycles. The number of ether oxygens (including phenoxy) is 2. The number of hydrogen-bond donors (Lipinski definition) is 2. The monoisotopic (exact) mass is 363 g/mol. The molecule has 1 fully saturated rings. The van der Waals surface area contributed by atoms with Gasteiger partial charge in [0.25, 0.3) is 5.91 Å². The second kappa shape index (κ2) is 7.71. The standard InChI is InChI=1S/C13H17BrN2O3.ClH/c1-18-11-5-8(6-16-9-2-3-9)4-10(14)13(11)19-7-12(15)17;/h4-5,9,16H,2-3,6-7H2,1H3,(H2,15,17);1H/p-1. The molecule has 0 saturated heterocycles. The number of amides is 1. The Balaban J connectivity index is 0.00000200. The SMILES string of the molecule is COc1cc(CNC2CC2)cc(Br)c1OCC(N)=O.[Cl-]. The molecule has 1 aromatic rings. The highest BCUT2D eigenvalue weighted by molar-refractivity contribution is 9.10. The number of nitrogens with two attached hydrogens (primary N) is 1. The molecule has 0 radical (unpaired) electrons. The number of benzene rings is 1. The average molecular weight is 365 g/mol. The van der Waals surface area contributed by atoms with Crippen molar-refractivity contribution in [3.8, 4) is 11.5 Å². The van der Waals surface area contributed by atoms with E-state index in [-0.39, 0.29) is 19.0 Å². The van der Waals surface area contributed by atoms with E-state index in [9.17, 15) is 4.79 Å². The molecule has 3 N–H and O–H groups in total. The van der Waals surface area contributed by atoms with Crippen LogP contribution in [0.3, 0.4) is 0 Å². The summed E-state index contributed by atoms with van der Waals surface area (Å²) >= 11 is 3.43. The van der Waals surface area contributed by atoms with E-state index in [0.29, 0.717) is 17.5 Å². The fraction of sp³-hybridized carbons (Fsp3) is 0.462. The van der Waals surface area contributed by atoms with Crippen molar-refractivity contribution >= 4 is 21.8 Å². The van der Waals surface area contributed by atoms with Crippen LogP contribution in [0.5, 0.6) is 11.5 Å². The first-order valence-electron chi connectivity index (χ1n) is 6.11. The molecule has 7 heteroatoms. The minimum atomic E-state index is -0.520. The number of carbonyl (C=O) groups is 1. The van der Waals surface area contributed by atoms with Gasteiger partial charge in [-0.3, -0.25) is 4.79 Å². The van der Waals surface area contributed by atoms with Crippen LogP contribution >= 0.6 is 15.9 Å². The molecule has 20 heavy (non-hydrogen) atoms. The number of rotatable bonds is 7. The predicted molar refractivity (Wildman–Crippen MR) is 75.2 cm³/mol. The summed E-state index contributed by atoms with van der Waals surface area (Å²) in [5, 5.41) is 3.43. The Morgan fingerprint density at radius 2 is 2.20 bits per heavy atom. The Hall–Kier alpha value is -0.980. The van der Waals surface area contributed by atoms with Gasteiger partial charge in [-0.25, -0.2) is 0 Å². The van der Waals surface area contributed by atoms with Crippen molar-refractivity contribution < 1.29 is 26.7 Å². The minimum Gasteiger partial charge on any atom is -1.00 e. The predicted octanol–water partition coefficient (Wildman–Crippen LogP) is -1.42. The van der Waals surface area contributed by atoms with Crippen molar-refractivity contribution in [1.29, 1.82) is 0 Å². The van der Waals surface area contributed by atoms with Gasteiger partial charge in [-0.2, -0.15) is 0 Å². The first kappa shape index (κ1) is 17.1. The highest BCUT2D eigenvalue weighted by Crippen LogP contribution is 2.36. The molecule has 0 spiro atoms. The molecule has 0 aliphatic heterocycles. The molecule has 1 aromatic carbocycles. The highest BCUT2D eigenvalue weighted by Gasteiger charge is 2.20. The van der Waals surface area contributed by atoms with Gasteiger partial charge < -0.3 is 32.9 Å². The normalized spacial score (nSPS) is 13.5. The summed E-state index contributed by atoms with van der Waals surface area (Å²) < 4.78 is 11.4. The second-order valence-corrected chi connectivity index (χ2v) is 5.37. The summed E-state index contributed by atoms with van der Waals surface area (Å²) in [6.07, 6.45) is 2.50. The van der Waals surface area contributed by atoms with Gasteiger partial charge in [0.05, 0.1) is 11.6 Å². The van der Waals surface area contributed by atoms with Gasteiger partial charge in [-0.05, 0) is 46.5 Å². The summed E-state index contributed by atoms with van der Waals surface area (Å²) in [6.45, 7) is 0.615. The van der Waals surface area contributed by atoms with E-state index in [4.69, 9.17) is 15.2 Å². The topological polar surface area (TPSA) is 73.6 Å². The van der Waals surface area contributed by atoms with E-state index in [2.05, 4.69) is 21.2 Å². The Bertz CT molecular complexity index is 481. The van der Waals surface area contributed by atoms with Gasteiger partial charge in [0.15, 0.2) is 18.1 Å². The molecule has 112 valence electrons. The lowest BCUT2D eigenvalue weighted by atomic mass is 10.2.